The van der Waals surface area contributed by atoms with E-state index in [0.717, 1.165) is 11.1 Å². The number of hydrogen-bond donors (Lipinski definition) is 1. The van der Waals surface area contributed by atoms with Crippen LogP contribution in [-0.2, 0) is 24.9 Å². The number of amides is 2. The quantitative estimate of drug-likeness (QED) is 0.836. The number of nitrogens with one attached hydrogen (secondary N) is 1. The number of aromatic nitrogens is 2. The molecule has 2 amide bonds. The Bertz CT molecular complexity index is 550. The number of carbonyl (C=O) groups is 1. The number of hydrogen-bond acceptors (Lipinski definition) is 4. The van der Waals surface area contributed by atoms with Gasteiger partial charge in [-0.3, -0.25) is 4.68 Å². The van der Waals surface area contributed by atoms with Crippen molar-refractivity contribution in [3.8, 4) is 0 Å². The third-order valence-corrected chi connectivity index (χ3v) is 3.01. The van der Waals surface area contributed by atoms with Gasteiger partial charge in [0, 0.05) is 44.6 Å². The fourth-order valence-corrected chi connectivity index (χ4v) is 1.91. The maximum absolute atomic E-state index is 12.3. The lowest BCUT2D eigenvalue weighted by atomic mass is 10.3. The van der Waals surface area contributed by atoms with Crippen LogP contribution in [0.3, 0.4) is 0 Å². The number of carbonyl (C=O) groups excluding carboxylic acids is 1. The molecule has 1 N–H and O–H groups in total. The van der Waals surface area contributed by atoms with Crippen molar-refractivity contribution in [3.63, 3.8) is 0 Å². The summed E-state index contributed by atoms with van der Waals surface area (Å²) in [6, 6.07) is 1.68. The third-order valence-electron chi connectivity index (χ3n) is 3.01. The number of furan rings is 1. The van der Waals surface area contributed by atoms with Gasteiger partial charge in [-0.1, -0.05) is 0 Å². The Balaban J connectivity index is 1.92. The van der Waals surface area contributed by atoms with Gasteiger partial charge < -0.3 is 19.4 Å². The van der Waals surface area contributed by atoms with Crippen LogP contribution >= 0.6 is 0 Å². The topological polar surface area (TPSA) is 72.5 Å². The predicted octanol–water partition coefficient (Wildman–Crippen LogP) is 1.37. The van der Waals surface area contributed by atoms with Gasteiger partial charge in [0.1, 0.15) is 0 Å². The Morgan fingerprint density at radius 1 is 1.52 bits per heavy atom. The standard InChI is InChI=1S/C14H20N4O3/c1-17-9-13(8-16-17)10-18(4-6-20-2)14(19)15-7-12-3-5-21-11-12/h3,5,8-9,11H,4,6-7,10H2,1-2H3,(H,15,19). The lowest BCUT2D eigenvalue weighted by molar-refractivity contribution is 0.146. The first-order chi connectivity index (χ1) is 10.2. The molecule has 2 aromatic rings. The molecule has 0 unspecified atom stereocenters. The summed E-state index contributed by atoms with van der Waals surface area (Å²) in [7, 11) is 3.47. The fraction of sp³-hybridized carbons (Fsp3) is 0.429. The minimum absolute atomic E-state index is 0.142. The van der Waals surface area contributed by atoms with Gasteiger partial charge in [-0.25, -0.2) is 4.79 Å². The minimum atomic E-state index is -0.142. The second-order valence-electron chi connectivity index (χ2n) is 4.73. The van der Waals surface area contributed by atoms with E-state index in [2.05, 4.69) is 10.4 Å². The van der Waals surface area contributed by atoms with E-state index in [1.807, 2.05) is 19.3 Å². The van der Waals surface area contributed by atoms with Crippen LogP contribution in [0.4, 0.5) is 4.79 Å². The normalized spacial score (nSPS) is 10.6. The summed E-state index contributed by atoms with van der Waals surface area (Å²) >= 11 is 0. The van der Waals surface area contributed by atoms with Crippen molar-refractivity contribution in [3.05, 3.63) is 42.1 Å². The van der Waals surface area contributed by atoms with Crippen LogP contribution in [0.25, 0.3) is 0 Å². The molecule has 2 aromatic heterocycles. The van der Waals surface area contributed by atoms with Crippen LogP contribution in [0.1, 0.15) is 11.1 Å². The molecule has 21 heavy (non-hydrogen) atoms. The van der Waals surface area contributed by atoms with Gasteiger partial charge in [0.05, 0.1) is 31.9 Å². The van der Waals surface area contributed by atoms with E-state index in [-0.39, 0.29) is 6.03 Å². The highest BCUT2D eigenvalue weighted by molar-refractivity contribution is 5.74. The lowest BCUT2D eigenvalue weighted by Crippen LogP contribution is -2.40. The zero-order valence-electron chi connectivity index (χ0n) is 12.3. The molecule has 0 aliphatic heterocycles. The fourth-order valence-electron chi connectivity index (χ4n) is 1.91. The smallest absolute Gasteiger partial charge is 0.318 e. The van der Waals surface area contributed by atoms with Crippen LogP contribution in [0, 0.1) is 0 Å². The van der Waals surface area contributed by atoms with Crippen LogP contribution in [0.2, 0.25) is 0 Å². The number of nitrogens with zero attached hydrogens (tertiary/aromatic N) is 3. The molecule has 0 saturated heterocycles. The SMILES string of the molecule is COCCN(Cc1cnn(C)c1)C(=O)NCc1ccoc1. The van der Waals surface area contributed by atoms with Crippen molar-refractivity contribution in [1.29, 1.82) is 0 Å². The van der Waals surface area contributed by atoms with Crippen molar-refractivity contribution < 1.29 is 13.9 Å². The number of rotatable bonds is 7. The molecule has 0 bridgehead atoms. The number of ether oxygens (including phenoxy) is 1. The Morgan fingerprint density at radius 3 is 3.00 bits per heavy atom. The van der Waals surface area contributed by atoms with E-state index < -0.39 is 0 Å². The summed E-state index contributed by atoms with van der Waals surface area (Å²) in [4.78, 5) is 14.0. The molecule has 0 aliphatic rings. The molecule has 0 aromatic carbocycles. The number of aryl methyl sites for hydroxylation is 1. The van der Waals surface area contributed by atoms with E-state index in [0.29, 0.717) is 26.2 Å². The maximum Gasteiger partial charge on any atom is 0.318 e. The molecule has 0 radical (unpaired) electrons. The van der Waals surface area contributed by atoms with E-state index >= 15 is 0 Å². The average Bonchev–Trinajstić information content (AvgIpc) is 3.12. The summed E-state index contributed by atoms with van der Waals surface area (Å²) in [5, 5.41) is 6.98. The minimum Gasteiger partial charge on any atom is -0.472 e. The Morgan fingerprint density at radius 2 is 2.38 bits per heavy atom. The summed E-state index contributed by atoms with van der Waals surface area (Å²) in [6.45, 7) is 1.93. The number of methoxy groups -OCH3 is 1. The Labute approximate surface area is 123 Å². The molecular formula is C14H20N4O3. The van der Waals surface area contributed by atoms with E-state index in [9.17, 15) is 4.79 Å². The van der Waals surface area contributed by atoms with Gasteiger partial charge >= 0.3 is 6.03 Å². The molecule has 0 spiro atoms. The van der Waals surface area contributed by atoms with Gasteiger partial charge in [-0.2, -0.15) is 5.10 Å². The molecule has 2 heterocycles. The van der Waals surface area contributed by atoms with Gasteiger partial charge in [0.25, 0.3) is 0 Å². The summed E-state index contributed by atoms with van der Waals surface area (Å²) in [6.07, 6.45) is 6.84. The summed E-state index contributed by atoms with van der Waals surface area (Å²) in [5.41, 5.74) is 1.91. The first kappa shape index (κ1) is 15.1. The molecule has 0 aliphatic carbocycles. The first-order valence-electron chi connectivity index (χ1n) is 6.69. The van der Waals surface area contributed by atoms with Crippen LogP contribution < -0.4 is 5.32 Å². The molecule has 0 fully saturated rings. The van der Waals surface area contributed by atoms with Gasteiger partial charge in [-0.05, 0) is 6.07 Å². The van der Waals surface area contributed by atoms with E-state index in [4.69, 9.17) is 9.15 Å². The second-order valence-corrected chi connectivity index (χ2v) is 4.73. The average molecular weight is 292 g/mol. The molecule has 0 atom stereocenters. The molecular weight excluding hydrogens is 272 g/mol. The zero-order chi connectivity index (χ0) is 15.1. The van der Waals surface area contributed by atoms with Crippen molar-refractivity contribution >= 4 is 6.03 Å². The maximum atomic E-state index is 12.3. The van der Waals surface area contributed by atoms with Gasteiger partial charge in [-0.15, -0.1) is 0 Å². The molecule has 0 saturated carbocycles. The molecule has 7 nitrogen and oxygen atoms in total. The Hall–Kier alpha value is -2.28. The monoisotopic (exact) mass is 292 g/mol. The largest absolute Gasteiger partial charge is 0.472 e. The van der Waals surface area contributed by atoms with Crippen LogP contribution in [-0.4, -0.2) is 41.0 Å². The van der Waals surface area contributed by atoms with Crippen LogP contribution in [0.15, 0.2) is 35.4 Å². The Kier molecular flexibility index (Phi) is 5.39. The zero-order valence-corrected chi connectivity index (χ0v) is 12.3. The van der Waals surface area contributed by atoms with Gasteiger partial charge in [0.15, 0.2) is 0 Å². The van der Waals surface area contributed by atoms with Crippen molar-refractivity contribution in [2.75, 3.05) is 20.3 Å². The van der Waals surface area contributed by atoms with E-state index in [1.165, 1.54) is 0 Å². The molecule has 114 valence electrons. The van der Waals surface area contributed by atoms with Crippen molar-refractivity contribution in [2.24, 2.45) is 7.05 Å². The van der Waals surface area contributed by atoms with Gasteiger partial charge in [0.2, 0.25) is 0 Å². The van der Waals surface area contributed by atoms with Crippen molar-refractivity contribution in [2.45, 2.75) is 13.1 Å². The lowest BCUT2D eigenvalue weighted by Gasteiger charge is -2.22. The molecule has 2 rings (SSSR count). The highest BCUT2D eigenvalue weighted by Crippen LogP contribution is 2.05. The van der Waals surface area contributed by atoms with Crippen LogP contribution in [0.5, 0.6) is 0 Å². The third kappa shape index (κ3) is 4.64. The highest BCUT2D eigenvalue weighted by Gasteiger charge is 2.14. The number of urea groups is 1. The summed E-state index contributed by atoms with van der Waals surface area (Å²) < 4.78 is 11.7. The predicted molar refractivity (Wildman–Crippen MR) is 76.4 cm³/mol. The van der Waals surface area contributed by atoms with E-state index in [1.54, 1.807) is 35.4 Å². The highest BCUT2D eigenvalue weighted by atomic mass is 16.5. The molecule has 7 heteroatoms. The first-order valence-corrected chi connectivity index (χ1v) is 6.69. The second kappa shape index (κ2) is 7.49. The summed E-state index contributed by atoms with van der Waals surface area (Å²) in [5.74, 6) is 0. The van der Waals surface area contributed by atoms with Crippen molar-refractivity contribution in [1.82, 2.24) is 20.0 Å².